The third-order valence-electron chi connectivity index (χ3n) is 3.06. The first-order chi connectivity index (χ1) is 8.66. The van der Waals surface area contributed by atoms with Gasteiger partial charge in [0.05, 0.1) is 13.2 Å². The van der Waals surface area contributed by atoms with E-state index in [1.165, 1.54) is 5.56 Å². The zero-order valence-corrected chi connectivity index (χ0v) is 10.9. The van der Waals surface area contributed by atoms with Crippen LogP contribution < -0.4 is 0 Å². The van der Waals surface area contributed by atoms with Gasteiger partial charge in [0, 0.05) is 18.7 Å². The standard InChI is InChI=1S/C15H20NO2/c1-12(2)10-13-4-3-5-14(11-13)15(17)16-6-8-18-9-7-16/h3-5,11-12H,1,6-10H2,2H3. The number of benzene rings is 1. The fourth-order valence-corrected chi connectivity index (χ4v) is 2.18. The Morgan fingerprint density at radius 2 is 2.17 bits per heavy atom. The van der Waals surface area contributed by atoms with E-state index < -0.39 is 0 Å². The van der Waals surface area contributed by atoms with Gasteiger partial charge >= 0.3 is 0 Å². The highest BCUT2D eigenvalue weighted by molar-refractivity contribution is 5.94. The maximum atomic E-state index is 12.3. The average Bonchev–Trinajstić information content (AvgIpc) is 2.38. The van der Waals surface area contributed by atoms with Crippen molar-refractivity contribution in [3.05, 3.63) is 42.3 Å². The van der Waals surface area contributed by atoms with Gasteiger partial charge in [0.15, 0.2) is 0 Å². The van der Waals surface area contributed by atoms with Gasteiger partial charge in [-0.2, -0.15) is 0 Å². The number of amides is 1. The molecule has 1 aliphatic rings. The Morgan fingerprint density at radius 3 is 2.83 bits per heavy atom. The predicted molar refractivity (Wildman–Crippen MR) is 71.4 cm³/mol. The van der Waals surface area contributed by atoms with Crippen LogP contribution in [0.1, 0.15) is 22.8 Å². The summed E-state index contributed by atoms with van der Waals surface area (Å²) < 4.78 is 5.26. The van der Waals surface area contributed by atoms with Crippen molar-refractivity contribution in [2.24, 2.45) is 5.92 Å². The number of rotatable bonds is 3. The average molecular weight is 246 g/mol. The van der Waals surface area contributed by atoms with Crippen LogP contribution >= 0.6 is 0 Å². The summed E-state index contributed by atoms with van der Waals surface area (Å²) in [5.74, 6) is 0.468. The molecule has 1 heterocycles. The smallest absolute Gasteiger partial charge is 0.254 e. The van der Waals surface area contributed by atoms with E-state index in [0.29, 0.717) is 32.2 Å². The third-order valence-corrected chi connectivity index (χ3v) is 3.06. The van der Waals surface area contributed by atoms with Gasteiger partial charge in [-0.1, -0.05) is 26.0 Å². The quantitative estimate of drug-likeness (QED) is 0.818. The largest absolute Gasteiger partial charge is 0.378 e. The van der Waals surface area contributed by atoms with Gasteiger partial charge < -0.3 is 9.64 Å². The van der Waals surface area contributed by atoms with Crippen LogP contribution in [0.4, 0.5) is 0 Å². The van der Waals surface area contributed by atoms with Crippen LogP contribution in [0.15, 0.2) is 24.3 Å². The monoisotopic (exact) mass is 246 g/mol. The molecule has 1 aliphatic heterocycles. The lowest BCUT2D eigenvalue weighted by Gasteiger charge is -2.27. The number of morpholine rings is 1. The molecule has 18 heavy (non-hydrogen) atoms. The van der Waals surface area contributed by atoms with Crippen molar-refractivity contribution in [3.63, 3.8) is 0 Å². The van der Waals surface area contributed by atoms with E-state index in [9.17, 15) is 4.79 Å². The number of ether oxygens (including phenoxy) is 1. The SMILES string of the molecule is [CH2]C(C)Cc1cccc(C(=O)N2CCOCC2)c1. The second kappa shape index (κ2) is 6.01. The van der Waals surface area contributed by atoms with Gasteiger partial charge in [-0.15, -0.1) is 0 Å². The molecule has 0 saturated carbocycles. The summed E-state index contributed by atoms with van der Waals surface area (Å²) in [7, 11) is 0. The van der Waals surface area contributed by atoms with Gasteiger partial charge in [-0.25, -0.2) is 0 Å². The molecule has 1 atom stereocenters. The molecule has 1 saturated heterocycles. The number of nitrogens with zero attached hydrogens (tertiary/aromatic N) is 1. The van der Waals surface area contributed by atoms with Gasteiger partial charge in [-0.05, 0) is 30.0 Å². The molecule has 1 aromatic rings. The molecule has 97 valence electrons. The molecular weight excluding hydrogens is 226 g/mol. The molecular formula is C15H20NO2. The van der Waals surface area contributed by atoms with E-state index in [2.05, 4.69) is 19.9 Å². The summed E-state index contributed by atoms with van der Waals surface area (Å²) in [4.78, 5) is 14.1. The van der Waals surface area contributed by atoms with Crippen molar-refractivity contribution in [1.82, 2.24) is 4.90 Å². The minimum absolute atomic E-state index is 0.108. The van der Waals surface area contributed by atoms with Crippen LogP contribution in [0.25, 0.3) is 0 Å². The first-order valence-corrected chi connectivity index (χ1v) is 6.46. The van der Waals surface area contributed by atoms with E-state index in [1.54, 1.807) is 0 Å². The highest BCUT2D eigenvalue weighted by atomic mass is 16.5. The second-order valence-electron chi connectivity index (χ2n) is 4.91. The van der Waals surface area contributed by atoms with Crippen LogP contribution in [-0.2, 0) is 11.2 Å². The Balaban J connectivity index is 2.09. The lowest BCUT2D eigenvalue weighted by molar-refractivity contribution is 0.0303. The summed E-state index contributed by atoms with van der Waals surface area (Å²) in [5, 5.41) is 0. The fraction of sp³-hybridized carbons (Fsp3) is 0.467. The highest BCUT2D eigenvalue weighted by Crippen LogP contribution is 2.13. The first-order valence-electron chi connectivity index (χ1n) is 6.46. The molecule has 1 unspecified atom stereocenters. The molecule has 1 aromatic carbocycles. The number of carbonyl (C=O) groups excluding carboxylic acids is 1. The third kappa shape index (κ3) is 3.33. The highest BCUT2D eigenvalue weighted by Gasteiger charge is 2.18. The Labute approximate surface area is 109 Å². The Kier molecular flexibility index (Phi) is 4.37. The number of hydrogen-bond acceptors (Lipinski definition) is 2. The fourth-order valence-electron chi connectivity index (χ4n) is 2.18. The molecule has 1 radical (unpaired) electrons. The number of carbonyl (C=O) groups is 1. The minimum Gasteiger partial charge on any atom is -0.378 e. The van der Waals surface area contributed by atoms with Crippen LogP contribution in [-0.4, -0.2) is 37.1 Å². The van der Waals surface area contributed by atoms with Crippen molar-refractivity contribution in [1.29, 1.82) is 0 Å². The molecule has 0 bridgehead atoms. The summed E-state index contributed by atoms with van der Waals surface area (Å²) in [6.07, 6.45) is 0.907. The van der Waals surface area contributed by atoms with Crippen molar-refractivity contribution >= 4 is 5.91 Å². The van der Waals surface area contributed by atoms with E-state index in [-0.39, 0.29) is 5.91 Å². The van der Waals surface area contributed by atoms with E-state index in [1.807, 2.05) is 23.1 Å². The summed E-state index contributed by atoms with van der Waals surface area (Å²) in [5.41, 5.74) is 1.95. The van der Waals surface area contributed by atoms with Crippen molar-refractivity contribution in [3.8, 4) is 0 Å². The maximum absolute atomic E-state index is 12.3. The molecule has 3 nitrogen and oxygen atoms in total. The van der Waals surface area contributed by atoms with E-state index >= 15 is 0 Å². The molecule has 2 rings (SSSR count). The lowest BCUT2D eigenvalue weighted by atomic mass is 10.0. The van der Waals surface area contributed by atoms with Crippen LogP contribution in [0.2, 0.25) is 0 Å². The maximum Gasteiger partial charge on any atom is 0.254 e. The van der Waals surface area contributed by atoms with Crippen LogP contribution in [0.5, 0.6) is 0 Å². The van der Waals surface area contributed by atoms with Crippen LogP contribution in [0.3, 0.4) is 0 Å². The molecule has 3 heteroatoms. The lowest BCUT2D eigenvalue weighted by Crippen LogP contribution is -2.40. The minimum atomic E-state index is 0.108. The zero-order valence-electron chi connectivity index (χ0n) is 10.9. The molecule has 0 spiro atoms. The summed E-state index contributed by atoms with van der Waals surface area (Å²) >= 11 is 0. The molecule has 0 aliphatic carbocycles. The number of hydrogen-bond donors (Lipinski definition) is 0. The topological polar surface area (TPSA) is 29.5 Å². The molecule has 0 N–H and O–H groups in total. The molecule has 1 fully saturated rings. The first kappa shape index (κ1) is 13.1. The van der Waals surface area contributed by atoms with Gasteiger partial charge in [0.2, 0.25) is 0 Å². The van der Waals surface area contributed by atoms with E-state index in [0.717, 1.165) is 12.0 Å². The van der Waals surface area contributed by atoms with Crippen LogP contribution in [0, 0.1) is 12.8 Å². The predicted octanol–water partition coefficient (Wildman–Crippen LogP) is 2.17. The second-order valence-corrected chi connectivity index (χ2v) is 4.91. The summed E-state index contributed by atoms with van der Waals surface area (Å²) in [6.45, 7) is 8.73. The molecule has 0 aromatic heterocycles. The van der Waals surface area contributed by atoms with Gasteiger partial charge in [0.1, 0.15) is 0 Å². The normalized spacial score (nSPS) is 16.1. The van der Waals surface area contributed by atoms with Crippen molar-refractivity contribution in [2.75, 3.05) is 26.3 Å². The summed E-state index contributed by atoms with van der Waals surface area (Å²) in [6, 6.07) is 7.87. The van der Waals surface area contributed by atoms with Gasteiger partial charge in [0.25, 0.3) is 5.91 Å². The van der Waals surface area contributed by atoms with Gasteiger partial charge in [-0.3, -0.25) is 4.79 Å². The zero-order chi connectivity index (χ0) is 13.0. The van der Waals surface area contributed by atoms with Crippen molar-refractivity contribution < 1.29 is 9.53 Å². The molecule has 1 amide bonds. The Bertz CT molecular complexity index is 409. The van der Waals surface area contributed by atoms with E-state index in [4.69, 9.17) is 4.74 Å². The van der Waals surface area contributed by atoms with Crippen molar-refractivity contribution in [2.45, 2.75) is 13.3 Å². The Hall–Kier alpha value is -1.35. The Morgan fingerprint density at radius 1 is 1.44 bits per heavy atom.